The van der Waals surface area contributed by atoms with E-state index in [9.17, 15) is 18.0 Å². The minimum absolute atomic E-state index is 0.217. The third-order valence-electron chi connectivity index (χ3n) is 5.48. The summed E-state index contributed by atoms with van der Waals surface area (Å²) in [5.74, 6) is 0.493. The van der Waals surface area contributed by atoms with Gasteiger partial charge in [0.15, 0.2) is 5.58 Å². The van der Waals surface area contributed by atoms with Crippen LogP contribution in [0, 0.1) is 6.92 Å². The largest absolute Gasteiger partial charge is 0.460 e. The van der Waals surface area contributed by atoms with E-state index >= 15 is 0 Å². The number of nitrogens with one attached hydrogen (secondary N) is 1. The zero-order valence-corrected chi connectivity index (χ0v) is 16.8. The smallest absolute Gasteiger partial charge is 0.416 e. The van der Waals surface area contributed by atoms with Gasteiger partial charge < -0.3 is 19.2 Å². The van der Waals surface area contributed by atoms with Gasteiger partial charge in [0.25, 0.3) is 5.91 Å². The van der Waals surface area contributed by atoms with Crippen LogP contribution in [0.5, 0.6) is 0 Å². The van der Waals surface area contributed by atoms with Crippen LogP contribution in [0.2, 0.25) is 0 Å². The number of carbonyl (C=O) groups is 1. The Kier molecular flexibility index (Phi) is 5.60. The van der Waals surface area contributed by atoms with Crippen molar-refractivity contribution in [2.45, 2.75) is 32.5 Å². The van der Waals surface area contributed by atoms with Gasteiger partial charge in [-0.1, -0.05) is 12.1 Å². The van der Waals surface area contributed by atoms with E-state index in [0.717, 1.165) is 37.3 Å². The maximum atomic E-state index is 12.8. The van der Waals surface area contributed by atoms with Gasteiger partial charge in [-0.05, 0) is 50.6 Å². The molecule has 2 aromatic heterocycles. The number of likely N-dealkylation sites (tertiary alicyclic amines) is 1. The molecule has 8 heteroatoms. The second-order valence-corrected chi connectivity index (χ2v) is 7.72. The van der Waals surface area contributed by atoms with Crippen LogP contribution in [0.3, 0.4) is 0 Å². The molecule has 0 unspecified atom stereocenters. The molecule has 1 fully saturated rings. The highest BCUT2D eigenvalue weighted by Gasteiger charge is 2.30. The van der Waals surface area contributed by atoms with Crippen LogP contribution in [0.25, 0.3) is 11.1 Å². The maximum Gasteiger partial charge on any atom is 0.416 e. The molecule has 4 rings (SSSR count). The zero-order chi connectivity index (χ0) is 21.3. The van der Waals surface area contributed by atoms with E-state index in [1.165, 1.54) is 25.0 Å². The molecule has 1 N–H and O–H groups in total. The first-order chi connectivity index (χ1) is 14.3. The fraction of sp³-hybridized carbons (Fsp3) is 0.409. The Labute approximate surface area is 172 Å². The quantitative estimate of drug-likeness (QED) is 0.643. The molecule has 1 saturated heterocycles. The standard InChI is InChI=1S/C22H24F3N3O2/c1-15-12-18-20(30-15)13-19(21(29)26-8-11-27-9-2-3-10-27)28(18)14-16-4-6-17(7-5-16)22(23,24)25/h4-7,12-13H,2-3,8-11,14H2,1H3,(H,26,29). The molecule has 30 heavy (non-hydrogen) atoms. The van der Waals surface area contributed by atoms with E-state index in [1.54, 1.807) is 10.6 Å². The molecule has 0 atom stereocenters. The number of alkyl halides is 3. The molecular formula is C22H24F3N3O2. The molecule has 1 aliphatic heterocycles. The lowest BCUT2D eigenvalue weighted by molar-refractivity contribution is -0.137. The first-order valence-electron chi connectivity index (χ1n) is 10.1. The summed E-state index contributed by atoms with van der Waals surface area (Å²) in [4.78, 5) is 15.1. The van der Waals surface area contributed by atoms with Gasteiger partial charge in [-0.25, -0.2) is 0 Å². The highest BCUT2D eigenvalue weighted by molar-refractivity contribution is 5.97. The number of hydrogen-bond acceptors (Lipinski definition) is 3. The van der Waals surface area contributed by atoms with E-state index in [4.69, 9.17) is 4.42 Å². The van der Waals surface area contributed by atoms with Crippen molar-refractivity contribution in [3.63, 3.8) is 0 Å². The molecule has 160 valence electrons. The average molecular weight is 419 g/mol. The molecule has 0 saturated carbocycles. The number of rotatable bonds is 6. The lowest BCUT2D eigenvalue weighted by Gasteiger charge is -2.15. The first kappa shape index (κ1) is 20.5. The number of carbonyl (C=O) groups excluding carboxylic acids is 1. The first-order valence-corrected chi connectivity index (χ1v) is 10.1. The van der Waals surface area contributed by atoms with E-state index in [2.05, 4.69) is 10.2 Å². The summed E-state index contributed by atoms with van der Waals surface area (Å²) < 4.78 is 46.0. The van der Waals surface area contributed by atoms with Crippen molar-refractivity contribution in [2.75, 3.05) is 26.2 Å². The number of hydrogen-bond donors (Lipinski definition) is 1. The van der Waals surface area contributed by atoms with Gasteiger partial charge in [-0.3, -0.25) is 4.79 Å². The van der Waals surface area contributed by atoms with Crippen molar-refractivity contribution >= 4 is 17.0 Å². The second kappa shape index (κ2) is 8.18. The van der Waals surface area contributed by atoms with Gasteiger partial charge in [0, 0.05) is 31.8 Å². The predicted molar refractivity (Wildman–Crippen MR) is 107 cm³/mol. The van der Waals surface area contributed by atoms with Gasteiger partial charge in [-0.15, -0.1) is 0 Å². The number of benzene rings is 1. The van der Waals surface area contributed by atoms with Crippen LogP contribution in [0.4, 0.5) is 13.2 Å². The van der Waals surface area contributed by atoms with Gasteiger partial charge in [0.2, 0.25) is 0 Å². The molecule has 1 amide bonds. The van der Waals surface area contributed by atoms with Crippen molar-refractivity contribution < 1.29 is 22.4 Å². The number of amides is 1. The van der Waals surface area contributed by atoms with Crippen molar-refractivity contribution in [1.82, 2.24) is 14.8 Å². The van der Waals surface area contributed by atoms with Crippen LogP contribution < -0.4 is 5.32 Å². The Balaban J connectivity index is 1.54. The molecule has 1 aromatic carbocycles. The molecule has 0 radical (unpaired) electrons. The number of halogens is 3. The second-order valence-electron chi connectivity index (χ2n) is 7.72. The maximum absolute atomic E-state index is 12.8. The zero-order valence-electron chi connectivity index (χ0n) is 16.8. The molecule has 0 spiro atoms. The lowest BCUT2D eigenvalue weighted by Crippen LogP contribution is -2.34. The Morgan fingerprint density at radius 2 is 1.83 bits per heavy atom. The third-order valence-corrected chi connectivity index (χ3v) is 5.48. The highest BCUT2D eigenvalue weighted by Crippen LogP contribution is 2.30. The Morgan fingerprint density at radius 1 is 1.13 bits per heavy atom. The normalized spacial score (nSPS) is 15.2. The predicted octanol–water partition coefficient (Wildman–Crippen LogP) is 4.44. The van der Waals surface area contributed by atoms with Crippen LogP contribution in [-0.4, -0.2) is 41.6 Å². The topological polar surface area (TPSA) is 50.4 Å². The summed E-state index contributed by atoms with van der Waals surface area (Å²) in [7, 11) is 0. The fourth-order valence-electron chi connectivity index (χ4n) is 3.93. The van der Waals surface area contributed by atoms with Crippen molar-refractivity contribution in [3.05, 3.63) is 59.0 Å². The Morgan fingerprint density at radius 3 is 2.50 bits per heavy atom. The molecule has 3 aromatic rings. The Hall–Kier alpha value is -2.74. The molecule has 0 aliphatic carbocycles. The fourth-order valence-corrected chi connectivity index (χ4v) is 3.93. The summed E-state index contributed by atoms with van der Waals surface area (Å²) in [6.45, 7) is 5.57. The molecule has 0 bridgehead atoms. The lowest BCUT2D eigenvalue weighted by atomic mass is 10.1. The van der Waals surface area contributed by atoms with Crippen LogP contribution in [-0.2, 0) is 12.7 Å². The third kappa shape index (κ3) is 4.38. The van der Waals surface area contributed by atoms with Gasteiger partial charge >= 0.3 is 6.18 Å². The minimum Gasteiger partial charge on any atom is -0.460 e. The highest BCUT2D eigenvalue weighted by atomic mass is 19.4. The van der Waals surface area contributed by atoms with Gasteiger partial charge in [0.1, 0.15) is 11.5 Å². The van der Waals surface area contributed by atoms with Crippen LogP contribution >= 0.6 is 0 Å². The number of furan rings is 1. The molecule has 3 heterocycles. The van der Waals surface area contributed by atoms with Crippen molar-refractivity contribution in [3.8, 4) is 0 Å². The van der Waals surface area contributed by atoms with E-state index in [0.29, 0.717) is 29.1 Å². The summed E-state index contributed by atoms with van der Waals surface area (Å²) in [5, 5.41) is 2.95. The molecular weight excluding hydrogens is 395 g/mol. The average Bonchev–Trinajstić information content (AvgIpc) is 3.39. The molecule has 1 aliphatic rings. The number of fused-ring (bicyclic) bond motifs is 1. The number of nitrogens with zero attached hydrogens (tertiary/aromatic N) is 2. The van der Waals surface area contributed by atoms with Crippen molar-refractivity contribution in [2.24, 2.45) is 0 Å². The van der Waals surface area contributed by atoms with E-state index in [1.807, 2.05) is 13.0 Å². The van der Waals surface area contributed by atoms with Crippen LogP contribution in [0.15, 0.2) is 40.8 Å². The van der Waals surface area contributed by atoms with Crippen LogP contribution in [0.1, 0.15) is 40.2 Å². The summed E-state index contributed by atoms with van der Waals surface area (Å²) in [6, 6.07) is 8.53. The monoisotopic (exact) mass is 419 g/mol. The summed E-state index contributed by atoms with van der Waals surface area (Å²) in [5.41, 5.74) is 1.75. The SMILES string of the molecule is Cc1cc2c(cc(C(=O)NCCN3CCCC3)n2Cc2ccc(C(F)(F)F)cc2)o1. The minimum atomic E-state index is -4.37. The van der Waals surface area contributed by atoms with E-state index in [-0.39, 0.29) is 12.5 Å². The number of aromatic nitrogens is 1. The van der Waals surface area contributed by atoms with Gasteiger partial charge in [-0.2, -0.15) is 13.2 Å². The van der Waals surface area contributed by atoms with Crippen molar-refractivity contribution in [1.29, 1.82) is 0 Å². The van der Waals surface area contributed by atoms with E-state index < -0.39 is 11.7 Å². The summed E-state index contributed by atoms with van der Waals surface area (Å²) >= 11 is 0. The molecule has 5 nitrogen and oxygen atoms in total. The summed E-state index contributed by atoms with van der Waals surface area (Å²) in [6.07, 6.45) is -1.99. The number of aryl methyl sites for hydroxylation is 1. The Bertz CT molecular complexity index is 1030. The van der Waals surface area contributed by atoms with Gasteiger partial charge in [0.05, 0.1) is 11.1 Å².